The summed E-state index contributed by atoms with van der Waals surface area (Å²) in [6.45, 7) is 1.16. The van der Waals surface area contributed by atoms with Gasteiger partial charge in [0.15, 0.2) is 0 Å². The number of nitrogens with one attached hydrogen (secondary N) is 1. The van der Waals surface area contributed by atoms with Gasteiger partial charge in [0, 0.05) is 0 Å². The van der Waals surface area contributed by atoms with Crippen molar-refractivity contribution in [2.24, 2.45) is 0 Å². The summed E-state index contributed by atoms with van der Waals surface area (Å²) in [6.07, 6.45) is -1.18. The highest BCUT2D eigenvalue weighted by molar-refractivity contribution is 5.43. The highest BCUT2D eigenvalue weighted by Crippen LogP contribution is 1.83. The Bertz CT molecular complexity index is 56.9. The fraction of sp³-hybridized carbons (Fsp3) is 0.667. The molecule has 0 aliphatic rings. The molecule has 0 aromatic heterocycles. The molecule has 1 amide bonds. The Morgan fingerprint density at radius 3 is 2.71 bits per heavy atom. The van der Waals surface area contributed by atoms with Crippen LogP contribution in [0.15, 0.2) is 0 Å². The number of amides is 1. The third-order valence-electron chi connectivity index (χ3n) is 0.279. The first-order valence-electron chi connectivity index (χ1n) is 1.76. The fourth-order valence-electron chi connectivity index (χ4n) is 0.122. The van der Waals surface area contributed by atoms with Crippen LogP contribution in [-0.4, -0.2) is 12.8 Å². The lowest BCUT2D eigenvalue weighted by Crippen LogP contribution is -2.16. The number of hydrogen-bond acceptors (Lipinski definition) is 2. The van der Waals surface area contributed by atoms with Gasteiger partial charge >= 0.3 is 0 Å². The lowest BCUT2D eigenvalue weighted by Gasteiger charge is -1.97. The number of carbonyl (C=O) groups is 1. The van der Waals surface area contributed by atoms with Gasteiger partial charge in [-0.25, -0.2) is 14.7 Å². The molecule has 1 N–H and O–H groups in total. The Morgan fingerprint density at radius 2 is 2.57 bits per heavy atom. The zero-order chi connectivity index (χ0) is 5.70. The first-order valence-corrected chi connectivity index (χ1v) is 1.76. The van der Waals surface area contributed by atoms with E-state index < -0.39 is 6.36 Å². The lowest BCUT2D eigenvalue weighted by atomic mass is 10.8. The predicted octanol–water partition coefficient (Wildman–Crippen LogP) is -0.0205. The first-order chi connectivity index (χ1) is 3.27. The average Bonchev–Trinajstić information content (AvgIpc) is 1.61. The molecule has 4 heteroatoms. The third kappa shape index (κ3) is 5.36. The van der Waals surface area contributed by atoms with E-state index in [1.54, 1.807) is 5.48 Å². The van der Waals surface area contributed by atoms with Crippen molar-refractivity contribution in [2.75, 3.05) is 0 Å². The molecule has 1 atom stereocenters. The molecule has 0 spiro atoms. The van der Waals surface area contributed by atoms with E-state index in [9.17, 15) is 9.18 Å². The Balaban J connectivity index is 2.81. The second-order valence-corrected chi connectivity index (χ2v) is 0.897. The Kier molecular flexibility index (Phi) is 3.22. The fourth-order valence-corrected chi connectivity index (χ4v) is 0.122. The molecular formula is C3H6FNO2. The van der Waals surface area contributed by atoms with Crippen molar-refractivity contribution in [3.63, 3.8) is 0 Å². The van der Waals surface area contributed by atoms with E-state index in [1.165, 1.54) is 0 Å². The second kappa shape index (κ2) is 3.55. The molecule has 0 aliphatic heterocycles. The van der Waals surface area contributed by atoms with Crippen LogP contribution in [0.4, 0.5) is 4.39 Å². The van der Waals surface area contributed by atoms with Gasteiger partial charge in [-0.15, -0.1) is 0 Å². The van der Waals surface area contributed by atoms with Gasteiger partial charge in [-0.2, -0.15) is 0 Å². The van der Waals surface area contributed by atoms with Crippen molar-refractivity contribution in [2.45, 2.75) is 13.3 Å². The molecule has 0 aromatic carbocycles. The van der Waals surface area contributed by atoms with Gasteiger partial charge in [-0.3, -0.25) is 4.79 Å². The van der Waals surface area contributed by atoms with Gasteiger partial charge in [-0.1, -0.05) is 0 Å². The quantitative estimate of drug-likeness (QED) is 0.406. The highest BCUT2D eigenvalue weighted by atomic mass is 19.1. The molecule has 0 saturated carbocycles. The van der Waals surface area contributed by atoms with Crippen LogP contribution in [0.1, 0.15) is 6.92 Å². The van der Waals surface area contributed by atoms with E-state index in [0.29, 0.717) is 0 Å². The average molecular weight is 107 g/mol. The van der Waals surface area contributed by atoms with Crippen LogP contribution in [0.2, 0.25) is 0 Å². The second-order valence-electron chi connectivity index (χ2n) is 0.897. The summed E-state index contributed by atoms with van der Waals surface area (Å²) in [5, 5.41) is 0. The molecule has 0 rings (SSSR count). The summed E-state index contributed by atoms with van der Waals surface area (Å²) < 4.78 is 11.4. The van der Waals surface area contributed by atoms with E-state index >= 15 is 0 Å². The van der Waals surface area contributed by atoms with Crippen LogP contribution in [0, 0.1) is 0 Å². The van der Waals surface area contributed by atoms with Crippen LogP contribution >= 0.6 is 0 Å². The standard InChI is InChI=1S/C3H6FNO2/c1-3(4)7-5-2-6/h2-3H,1H3,(H,5,6). The van der Waals surface area contributed by atoms with Crippen molar-refractivity contribution in [3.8, 4) is 0 Å². The van der Waals surface area contributed by atoms with Crippen molar-refractivity contribution < 1.29 is 14.0 Å². The predicted molar refractivity (Wildman–Crippen MR) is 20.9 cm³/mol. The van der Waals surface area contributed by atoms with E-state index in [-0.39, 0.29) is 6.41 Å². The van der Waals surface area contributed by atoms with Gasteiger partial charge < -0.3 is 0 Å². The molecule has 0 fully saturated rings. The summed E-state index contributed by atoms with van der Waals surface area (Å²) in [5.74, 6) is 0. The van der Waals surface area contributed by atoms with Gasteiger partial charge in [0.05, 0.1) is 0 Å². The normalized spacial score (nSPS) is 12.9. The van der Waals surface area contributed by atoms with Crippen LogP contribution in [0.5, 0.6) is 0 Å². The van der Waals surface area contributed by atoms with Crippen molar-refractivity contribution in [1.29, 1.82) is 0 Å². The number of halogens is 1. The summed E-state index contributed by atoms with van der Waals surface area (Å²) >= 11 is 0. The molecule has 0 heterocycles. The maximum absolute atomic E-state index is 11.4. The minimum Gasteiger partial charge on any atom is -0.277 e. The zero-order valence-electron chi connectivity index (χ0n) is 3.85. The molecule has 1 unspecified atom stereocenters. The first kappa shape index (κ1) is 6.36. The molecule has 0 radical (unpaired) electrons. The number of hydrogen-bond donors (Lipinski definition) is 1. The molecular weight excluding hydrogens is 101 g/mol. The monoisotopic (exact) mass is 107 g/mol. The molecule has 3 nitrogen and oxygen atoms in total. The minimum absolute atomic E-state index is 0.260. The van der Waals surface area contributed by atoms with Gasteiger partial charge in [0.1, 0.15) is 0 Å². The smallest absolute Gasteiger partial charge is 0.230 e. The van der Waals surface area contributed by atoms with Crippen LogP contribution in [0.3, 0.4) is 0 Å². The Labute approximate surface area is 40.4 Å². The number of hydroxylamine groups is 1. The maximum atomic E-state index is 11.4. The Morgan fingerprint density at radius 1 is 2.00 bits per heavy atom. The molecule has 0 aromatic rings. The van der Waals surface area contributed by atoms with Crippen LogP contribution in [-0.2, 0) is 9.63 Å². The van der Waals surface area contributed by atoms with Crippen molar-refractivity contribution >= 4 is 6.41 Å². The van der Waals surface area contributed by atoms with Gasteiger partial charge in [0.25, 0.3) is 0 Å². The van der Waals surface area contributed by atoms with E-state index in [1.807, 2.05) is 0 Å². The van der Waals surface area contributed by atoms with Crippen LogP contribution < -0.4 is 5.48 Å². The molecule has 0 bridgehead atoms. The third-order valence-corrected chi connectivity index (χ3v) is 0.279. The minimum atomic E-state index is -1.44. The summed E-state index contributed by atoms with van der Waals surface area (Å²) in [6, 6.07) is 0. The molecule has 0 aliphatic carbocycles. The van der Waals surface area contributed by atoms with Gasteiger partial charge in [-0.05, 0) is 6.92 Å². The molecule has 7 heavy (non-hydrogen) atoms. The SMILES string of the molecule is CC(F)ONC=O. The maximum Gasteiger partial charge on any atom is 0.230 e. The van der Waals surface area contributed by atoms with E-state index in [4.69, 9.17) is 0 Å². The molecule has 0 saturated heterocycles. The van der Waals surface area contributed by atoms with Crippen LogP contribution in [0.25, 0.3) is 0 Å². The highest BCUT2D eigenvalue weighted by Gasteiger charge is 1.91. The summed E-state index contributed by atoms with van der Waals surface area (Å²) in [5.41, 5.74) is 1.69. The summed E-state index contributed by atoms with van der Waals surface area (Å²) in [4.78, 5) is 13.2. The summed E-state index contributed by atoms with van der Waals surface area (Å²) in [7, 11) is 0. The topological polar surface area (TPSA) is 38.3 Å². The zero-order valence-corrected chi connectivity index (χ0v) is 3.85. The Hall–Kier alpha value is -0.640. The molecule has 42 valence electrons. The van der Waals surface area contributed by atoms with Gasteiger partial charge in [0.2, 0.25) is 12.8 Å². The van der Waals surface area contributed by atoms with Crippen molar-refractivity contribution in [3.05, 3.63) is 0 Å². The lowest BCUT2D eigenvalue weighted by molar-refractivity contribution is -0.134. The van der Waals surface area contributed by atoms with Crippen molar-refractivity contribution in [1.82, 2.24) is 5.48 Å². The van der Waals surface area contributed by atoms with E-state index in [2.05, 4.69) is 4.84 Å². The number of alkyl halides is 1. The van der Waals surface area contributed by atoms with E-state index in [0.717, 1.165) is 6.92 Å². The largest absolute Gasteiger partial charge is 0.277 e. The number of carbonyl (C=O) groups excluding carboxylic acids is 1. The number of rotatable bonds is 3.